The molecule has 0 bridgehead atoms. The van der Waals surface area contributed by atoms with E-state index in [-0.39, 0.29) is 17.6 Å². The summed E-state index contributed by atoms with van der Waals surface area (Å²) in [6.07, 6.45) is 0. The zero-order valence-electron chi connectivity index (χ0n) is 15.4. The van der Waals surface area contributed by atoms with Crippen LogP contribution in [0.3, 0.4) is 0 Å². The molecule has 1 aromatic heterocycles. The van der Waals surface area contributed by atoms with E-state index in [9.17, 15) is 8.78 Å². The third-order valence-corrected chi connectivity index (χ3v) is 5.44. The van der Waals surface area contributed by atoms with E-state index in [1.54, 1.807) is 12.1 Å². The predicted octanol–water partition coefficient (Wildman–Crippen LogP) is 5.60. The van der Waals surface area contributed by atoms with Gasteiger partial charge in [-0.05, 0) is 60.8 Å². The van der Waals surface area contributed by atoms with E-state index >= 15 is 0 Å². The summed E-state index contributed by atoms with van der Waals surface area (Å²) in [6.45, 7) is 4.08. The molecule has 0 aliphatic carbocycles. The van der Waals surface area contributed by atoms with Crippen LogP contribution in [0.1, 0.15) is 35.5 Å². The van der Waals surface area contributed by atoms with Gasteiger partial charge >= 0.3 is 0 Å². The number of guanidine groups is 1. The van der Waals surface area contributed by atoms with Crippen LogP contribution in [-0.2, 0) is 6.54 Å². The number of fused-ring (bicyclic) bond motifs is 1. The van der Waals surface area contributed by atoms with Crippen molar-refractivity contribution in [2.24, 2.45) is 4.99 Å². The van der Waals surface area contributed by atoms with Crippen LogP contribution in [-0.4, -0.2) is 5.96 Å². The van der Waals surface area contributed by atoms with Gasteiger partial charge in [-0.15, -0.1) is 0 Å². The van der Waals surface area contributed by atoms with E-state index in [0.29, 0.717) is 29.5 Å². The van der Waals surface area contributed by atoms with Gasteiger partial charge < -0.3 is 9.73 Å². The predicted molar refractivity (Wildman–Crippen MR) is 108 cm³/mol. The number of rotatable bonds is 4. The van der Waals surface area contributed by atoms with Gasteiger partial charge in [0.2, 0.25) is 5.96 Å². The van der Waals surface area contributed by atoms with Crippen LogP contribution in [0.4, 0.5) is 14.5 Å². The molecule has 0 saturated carbocycles. The molecule has 4 rings (SSSR count). The molecule has 7 heteroatoms. The van der Waals surface area contributed by atoms with E-state index < -0.39 is 0 Å². The van der Waals surface area contributed by atoms with Crippen molar-refractivity contribution in [1.82, 2.24) is 4.72 Å². The molecule has 28 heavy (non-hydrogen) atoms. The second-order valence-corrected chi connectivity index (χ2v) is 7.48. The molecule has 1 aliphatic rings. The monoisotopic (exact) mass is 399 g/mol. The van der Waals surface area contributed by atoms with E-state index in [0.717, 1.165) is 16.2 Å². The van der Waals surface area contributed by atoms with Gasteiger partial charge in [0.05, 0.1) is 17.1 Å². The largest absolute Gasteiger partial charge is 0.466 e. The van der Waals surface area contributed by atoms with E-state index in [4.69, 9.17) is 4.42 Å². The fourth-order valence-corrected chi connectivity index (χ4v) is 3.89. The lowest BCUT2D eigenvalue weighted by Gasteiger charge is -2.25. The zero-order chi connectivity index (χ0) is 19.7. The Hall–Kier alpha value is -2.80. The third-order valence-electron chi connectivity index (χ3n) is 4.58. The molecule has 2 N–H and O–H groups in total. The van der Waals surface area contributed by atoms with Gasteiger partial charge in [-0.25, -0.2) is 13.8 Å². The molecule has 4 nitrogen and oxygen atoms in total. The Morgan fingerprint density at radius 1 is 1.14 bits per heavy atom. The molecule has 1 unspecified atom stereocenters. The number of halogens is 2. The van der Waals surface area contributed by atoms with Crippen molar-refractivity contribution < 1.29 is 13.2 Å². The van der Waals surface area contributed by atoms with Gasteiger partial charge in [0.15, 0.2) is 0 Å². The zero-order valence-corrected chi connectivity index (χ0v) is 16.2. The van der Waals surface area contributed by atoms with Crippen molar-refractivity contribution in [2.75, 3.05) is 5.32 Å². The quantitative estimate of drug-likeness (QED) is 0.561. The third kappa shape index (κ3) is 3.75. The highest BCUT2D eigenvalue weighted by Crippen LogP contribution is 2.40. The normalized spacial score (nSPS) is 15.6. The first kappa shape index (κ1) is 18.6. The number of aryl methyl sites for hydroxylation is 1. The summed E-state index contributed by atoms with van der Waals surface area (Å²) < 4.78 is 36.9. The average molecular weight is 399 g/mol. The summed E-state index contributed by atoms with van der Waals surface area (Å²) >= 11 is 1.36. The van der Waals surface area contributed by atoms with Crippen molar-refractivity contribution in [3.8, 4) is 0 Å². The molecular weight excluding hydrogens is 380 g/mol. The van der Waals surface area contributed by atoms with Crippen LogP contribution in [0, 0.1) is 18.6 Å². The fraction of sp³-hybridized carbons (Fsp3) is 0.190. The number of hydrogen-bond acceptors (Lipinski definition) is 3. The minimum absolute atomic E-state index is 0.265. The van der Waals surface area contributed by atoms with E-state index in [1.165, 1.54) is 30.1 Å². The Labute approximate surface area is 166 Å². The molecule has 0 fully saturated rings. The van der Waals surface area contributed by atoms with Crippen LogP contribution < -0.4 is 10.0 Å². The van der Waals surface area contributed by atoms with E-state index in [2.05, 4.69) is 15.0 Å². The van der Waals surface area contributed by atoms with Crippen molar-refractivity contribution in [3.63, 3.8) is 0 Å². The number of nitrogens with zero attached hydrogens (tertiary/aromatic N) is 1. The molecule has 2 aromatic carbocycles. The molecular formula is C21H19F2N3OS. The second-order valence-electron chi connectivity index (χ2n) is 6.63. The average Bonchev–Trinajstić information content (AvgIpc) is 3.12. The maximum atomic E-state index is 14.7. The summed E-state index contributed by atoms with van der Waals surface area (Å²) in [4.78, 5) is 5.33. The van der Waals surface area contributed by atoms with Crippen molar-refractivity contribution in [3.05, 3.63) is 82.8 Å². The lowest BCUT2D eigenvalue weighted by molar-refractivity contribution is 0.465. The van der Waals surface area contributed by atoms with Gasteiger partial charge in [-0.2, -0.15) is 0 Å². The van der Waals surface area contributed by atoms with Crippen molar-refractivity contribution in [1.29, 1.82) is 0 Å². The minimum atomic E-state index is -0.306. The molecule has 0 saturated heterocycles. The number of hydrogen-bond donors (Lipinski definition) is 2. The Bertz CT molecular complexity index is 1050. The minimum Gasteiger partial charge on any atom is -0.466 e. The molecule has 144 valence electrons. The Morgan fingerprint density at radius 2 is 2.00 bits per heavy atom. The van der Waals surface area contributed by atoms with E-state index in [1.807, 2.05) is 32.0 Å². The molecule has 0 spiro atoms. The van der Waals surface area contributed by atoms with Crippen LogP contribution in [0.2, 0.25) is 0 Å². The van der Waals surface area contributed by atoms with Gasteiger partial charge in [0.1, 0.15) is 23.2 Å². The second kappa shape index (κ2) is 7.67. The van der Waals surface area contributed by atoms with Gasteiger partial charge in [0, 0.05) is 11.5 Å². The first-order valence-electron chi connectivity index (χ1n) is 8.89. The lowest BCUT2D eigenvalue weighted by Crippen LogP contribution is -2.30. The van der Waals surface area contributed by atoms with Crippen molar-refractivity contribution in [2.45, 2.75) is 31.2 Å². The Balaban J connectivity index is 1.63. The highest BCUT2D eigenvalue weighted by Gasteiger charge is 2.26. The maximum Gasteiger partial charge on any atom is 0.206 e. The molecule has 2 heterocycles. The Kier molecular flexibility index (Phi) is 5.09. The molecule has 1 aliphatic heterocycles. The number of aliphatic imine (C=N–C) groups is 1. The summed E-state index contributed by atoms with van der Waals surface area (Å²) in [5.41, 5.74) is 1.95. The summed E-state index contributed by atoms with van der Waals surface area (Å²) in [7, 11) is 0. The van der Waals surface area contributed by atoms with Gasteiger partial charge in [-0.1, -0.05) is 19.1 Å². The first-order chi connectivity index (χ1) is 13.5. The van der Waals surface area contributed by atoms with Crippen LogP contribution >= 0.6 is 11.9 Å². The van der Waals surface area contributed by atoms with Gasteiger partial charge in [-0.3, -0.25) is 4.72 Å². The van der Waals surface area contributed by atoms with Crippen LogP contribution in [0.5, 0.6) is 0 Å². The SMILES string of the molecule is Cc1ccc(C(C)c2c(F)ccc3c2NC(=NCc2cccc(F)c2)NS3)o1. The number of nitrogens with one attached hydrogen (secondary N) is 2. The van der Waals surface area contributed by atoms with Crippen LogP contribution in [0.25, 0.3) is 0 Å². The molecule has 3 aromatic rings. The Morgan fingerprint density at radius 3 is 2.75 bits per heavy atom. The smallest absolute Gasteiger partial charge is 0.206 e. The number of anilines is 1. The van der Waals surface area contributed by atoms with Gasteiger partial charge in [0.25, 0.3) is 0 Å². The molecule has 1 atom stereocenters. The highest BCUT2D eigenvalue weighted by molar-refractivity contribution is 7.98. The number of furan rings is 1. The summed E-state index contributed by atoms with van der Waals surface area (Å²) in [6, 6.07) is 13.2. The topological polar surface area (TPSA) is 49.6 Å². The van der Waals surface area contributed by atoms with Crippen LogP contribution in [0.15, 0.2) is 62.8 Å². The summed E-state index contributed by atoms with van der Waals surface area (Å²) in [5.74, 6) is 1.12. The number of benzene rings is 2. The summed E-state index contributed by atoms with van der Waals surface area (Å²) in [5, 5.41) is 3.19. The fourth-order valence-electron chi connectivity index (χ4n) is 3.16. The lowest BCUT2D eigenvalue weighted by atomic mass is 9.96. The first-order valence-corrected chi connectivity index (χ1v) is 9.70. The highest BCUT2D eigenvalue weighted by atomic mass is 32.2. The molecule has 0 radical (unpaired) electrons. The standard InChI is InChI=1S/C21H19F2N3OS/c1-12-6-8-17(27-12)13(2)19-16(23)7-9-18-20(19)25-21(26-28-18)24-11-14-4-3-5-15(22)10-14/h3-10,13H,11H2,1-2H3,(H2,24,25,26). The van der Waals surface area contributed by atoms with Crippen molar-refractivity contribution >= 4 is 23.6 Å². The maximum absolute atomic E-state index is 14.7. The molecule has 0 amide bonds.